The van der Waals surface area contributed by atoms with Gasteiger partial charge in [-0.1, -0.05) is 6.07 Å². The summed E-state index contributed by atoms with van der Waals surface area (Å²) in [5, 5.41) is 3.18. The lowest BCUT2D eigenvalue weighted by atomic mass is 10.1. The van der Waals surface area contributed by atoms with Crippen LogP contribution in [0.25, 0.3) is 0 Å². The average molecular weight is 271 g/mol. The van der Waals surface area contributed by atoms with Crippen molar-refractivity contribution in [2.24, 2.45) is 0 Å². The van der Waals surface area contributed by atoms with E-state index in [2.05, 4.69) is 34.4 Å². The standard InChI is InChI=1S/C16H21N3O/c1-12-8-16(13(10-17-2)11-18-12)19(3)14-6-5-7-15(9-14)20-4/h5-9,11,17H,10H2,1-4H3. The van der Waals surface area contributed by atoms with Crippen LogP contribution in [0.2, 0.25) is 0 Å². The van der Waals surface area contributed by atoms with Crippen molar-refractivity contribution in [1.82, 2.24) is 10.3 Å². The Balaban J connectivity index is 2.40. The summed E-state index contributed by atoms with van der Waals surface area (Å²) in [6, 6.07) is 10.1. The summed E-state index contributed by atoms with van der Waals surface area (Å²) in [5.41, 5.74) is 4.42. The van der Waals surface area contributed by atoms with Crippen LogP contribution in [-0.4, -0.2) is 26.2 Å². The van der Waals surface area contributed by atoms with Gasteiger partial charge in [-0.15, -0.1) is 0 Å². The number of ether oxygens (including phenoxy) is 1. The third-order valence-corrected chi connectivity index (χ3v) is 3.27. The van der Waals surface area contributed by atoms with E-state index < -0.39 is 0 Å². The van der Waals surface area contributed by atoms with Gasteiger partial charge < -0.3 is 15.0 Å². The van der Waals surface area contributed by atoms with Crippen LogP contribution < -0.4 is 15.0 Å². The third kappa shape index (κ3) is 3.08. The molecule has 0 radical (unpaired) electrons. The molecule has 1 aromatic heterocycles. The molecule has 2 aromatic rings. The van der Waals surface area contributed by atoms with Gasteiger partial charge in [-0.2, -0.15) is 0 Å². The van der Waals surface area contributed by atoms with Crippen molar-refractivity contribution in [3.63, 3.8) is 0 Å². The number of benzene rings is 1. The van der Waals surface area contributed by atoms with Crippen molar-refractivity contribution in [3.05, 3.63) is 47.8 Å². The van der Waals surface area contributed by atoms with E-state index in [9.17, 15) is 0 Å². The lowest BCUT2D eigenvalue weighted by Gasteiger charge is -2.23. The largest absolute Gasteiger partial charge is 0.497 e. The fourth-order valence-corrected chi connectivity index (χ4v) is 2.17. The molecule has 0 aliphatic rings. The highest BCUT2D eigenvalue weighted by molar-refractivity contribution is 5.66. The Bertz CT molecular complexity index is 584. The van der Waals surface area contributed by atoms with E-state index in [4.69, 9.17) is 4.74 Å². The van der Waals surface area contributed by atoms with E-state index in [1.807, 2.05) is 38.4 Å². The summed E-state index contributed by atoms with van der Waals surface area (Å²) in [7, 11) is 5.68. The van der Waals surface area contributed by atoms with Crippen molar-refractivity contribution >= 4 is 11.4 Å². The maximum Gasteiger partial charge on any atom is 0.120 e. The molecule has 0 bridgehead atoms. The number of nitrogens with one attached hydrogen (secondary N) is 1. The molecule has 106 valence electrons. The van der Waals surface area contributed by atoms with Crippen molar-refractivity contribution in [2.75, 3.05) is 26.1 Å². The predicted molar refractivity (Wildman–Crippen MR) is 82.8 cm³/mol. The molecule has 0 atom stereocenters. The van der Waals surface area contributed by atoms with E-state index in [0.717, 1.165) is 29.4 Å². The van der Waals surface area contributed by atoms with Gasteiger partial charge in [-0.05, 0) is 32.2 Å². The van der Waals surface area contributed by atoms with Gasteiger partial charge in [0.15, 0.2) is 0 Å². The zero-order chi connectivity index (χ0) is 14.5. The third-order valence-electron chi connectivity index (χ3n) is 3.27. The van der Waals surface area contributed by atoms with Crippen molar-refractivity contribution in [3.8, 4) is 5.75 Å². The number of aromatic nitrogens is 1. The Morgan fingerprint density at radius 2 is 2.10 bits per heavy atom. The summed E-state index contributed by atoms with van der Waals surface area (Å²) >= 11 is 0. The van der Waals surface area contributed by atoms with E-state index in [0.29, 0.717) is 0 Å². The first kappa shape index (κ1) is 14.3. The molecule has 0 saturated heterocycles. The van der Waals surface area contributed by atoms with Crippen LogP contribution in [-0.2, 0) is 6.54 Å². The molecule has 0 fully saturated rings. The summed E-state index contributed by atoms with van der Waals surface area (Å²) < 4.78 is 5.29. The summed E-state index contributed by atoms with van der Waals surface area (Å²) in [4.78, 5) is 6.53. The monoisotopic (exact) mass is 271 g/mol. The minimum absolute atomic E-state index is 0.789. The predicted octanol–water partition coefficient (Wildman–Crippen LogP) is 2.89. The minimum atomic E-state index is 0.789. The molecule has 1 aromatic carbocycles. The fourth-order valence-electron chi connectivity index (χ4n) is 2.17. The number of nitrogens with zero attached hydrogens (tertiary/aromatic N) is 2. The van der Waals surface area contributed by atoms with Crippen LogP contribution in [0.5, 0.6) is 5.75 Å². The molecule has 1 heterocycles. The van der Waals surface area contributed by atoms with Crippen molar-refractivity contribution in [1.29, 1.82) is 0 Å². The highest BCUT2D eigenvalue weighted by atomic mass is 16.5. The first-order chi connectivity index (χ1) is 9.65. The molecule has 2 rings (SSSR count). The zero-order valence-corrected chi connectivity index (χ0v) is 12.5. The molecule has 0 aliphatic carbocycles. The maximum absolute atomic E-state index is 5.29. The number of methoxy groups -OCH3 is 1. The molecular formula is C16H21N3O. The Hall–Kier alpha value is -2.07. The first-order valence-corrected chi connectivity index (χ1v) is 6.63. The van der Waals surface area contributed by atoms with E-state index in [-0.39, 0.29) is 0 Å². The van der Waals surface area contributed by atoms with Crippen LogP contribution in [0, 0.1) is 6.92 Å². The van der Waals surface area contributed by atoms with Gasteiger partial charge in [0, 0.05) is 48.5 Å². The summed E-state index contributed by atoms with van der Waals surface area (Å²) in [6.45, 7) is 2.79. The van der Waals surface area contributed by atoms with Gasteiger partial charge in [-0.3, -0.25) is 4.98 Å². The Morgan fingerprint density at radius 3 is 2.80 bits per heavy atom. The number of hydrogen-bond acceptors (Lipinski definition) is 4. The molecule has 1 N–H and O–H groups in total. The number of pyridine rings is 1. The number of hydrogen-bond donors (Lipinski definition) is 1. The molecule has 0 unspecified atom stereocenters. The normalized spacial score (nSPS) is 10.4. The highest BCUT2D eigenvalue weighted by Gasteiger charge is 2.10. The molecule has 0 spiro atoms. The first-order valence-electron chi connectivity index (χ1n) is 6.63. The van der Waals surface area contributed by atoms with E-state index in [1.54, 1.807) is 7.11 Å². The van der Waals surface area contributed by atoms with Crippen LogP contribution in [0.4, 0.5) is 11.4 Å². The van der Waals surface area contributed by atoms with Gasteiger partial charge in [0.05, 0.1) is 7.11 Å². The second kappa shape index (κ2) is 6.39. The minimum Gasteiger partial charge on any atom is -0.497 e. The number of anilines is 2. The Labute approximate surface area is 120 Å². The molecule has 0 saturated carbocycles. The summed E-state index contributed by atoms with van der Waals surface area (Å²) in [5.74, 6) is 0.857. The maximum atomic E-state index is 5.29. The number of aryl methyl sites for hydroxylation is 1. The topological polar surface area (TPSA) is 37.4 Å². The van der Waals surface area contributed by atoms with Gasteiger partial charge in [0.2, 0.25) is 0 Å². The van der Waals surface area contributed by atoms with E-state index >= 15 is 0 Å². The van der Waals surface area contributed by atoms with Crippen LogP contribution in [0.3, 0.4) is 0 Å². The summed E-state index contributed by atoms with van der Waals surface area (Å²) in [6.07, 6.45) is 1.93. The molecule has 20 heavy (non-hydrogen) atoms. The van der Waals surface area contributed by atoms with Crippen LogP contribution in [0.15, 0.2) is 36.5 Å². The molecule has 4 nitrogen and oxygen atoms in total. The Morgan fingerprint density at radius 1 is 1.30 bits per heavy atom. The van der Waals surface area contributed by atoms with Gasteiger partial charge in [0.1, 0.15) is 5.75 Å². The van der Waals surface area contributed by atoms with E-state index in [1.165, 1.54) is 5.56 Å². The van der Waals surface area contributed by atoms with Gasteiger partial charge in [-0.25, -0.2) is 0 Å². The lowest BCUT2D eigenvalue weighted by molar-refractivity contribution is 0.415. The molecule has 0 aliphatic heterocycles. The molecular weight excluding hydrogens is 250 g/mol. The highest BCUT2D eigenvalue weighted by Crippen LogP contribution is 2.29. The van der Waals surface area contributed by atoms with Gasteiger partial charge >= 0.3 is 0 Å². The second-order valence-electron chi connectivity index (χ2n) is 4.75. The fraction of sp³-hybridized carbons (Fsp3) is 0.312. The molecule has 4 heteroatoms. The van der Waals surface area contributed by atoms with Crippen molar-refractivity contribution in [2.45, 2.75) is 13.5 Å². The number of rotatable bonds is 5. The quantitative estimate of drug-likeness (QED) is 0.907. The van der Waals surface area contributed by atoms with Crippen LogP contribution in [0.1, 0.15) is 11.3 Å². The SMILES string of the molecule is CNCc1cnc(C)cc1N(C)c1cccc(OC)c1. The second-order valence-corrected chi connectivity index (χ2v) is 4.75. The van der Waals surface area contributed by atoms with Crippen molar-refractivity contribution < 1.29 is 4.74 Å². The van der Waals surface area contributed by atoms with Gasteiger partial charge in [0.25, 0.3) is 0 Å². The molecule has 0 amide bonds. The zero-order valence-electron chi connectivity index (χ0n) is 12.5. The average Bonchev–Trinajstić information content (AvgIpc) is 2.48. The smallest absolute Gasteiger partial charge is 0.120 e. The lowest BCUT2D eigenvalue weighted by Crippen LogP contribution is -2.15. The van der Waals surface area contributed by atoms with Crippen LogP contribution >= 0.6 is 0 Å². The Kier molecular flexibility index (Phi) is 4.58.